The molecule has 0 spiro atoms. The fourth-order valence-electron chi connectivity index (χ4n) is 2.75. The summed E-state index contributed by atoms with van der Waals surface area (Å²) in [5, 5.41) is 4.01. The molecule has 7 heteroatoms. The highest BCUT2D eigenvalue weighted by Gasteiger charge is 2.20. The lowest BCUT2D eigenvalue weighted by molar-refractivity contribution is 0.103. The molecular weight excluding hydrogens is 346 g/mol. The number of nitrogens with two attached hydrogens (primary N) is 1. The van der Waals surface area contributed by atoms with Crippen LogP contribution in [-0.4, -0.2) is 10.9 Å². The fourth-order valence-corrected chi connectivity index (χ4v) is 4.21. The van der Waals surface area contributed by atoms with Crippen molar-refractivity contribution in [1.29, 1.82) is 0 Å². The van der Waals surface area contributed by atoms with Gasteiger partial charge in [0.05, 0.1) is 16.4 Å². The molecule has 4 N–H and O–H groups in total. The van der Waals surface area contributed by atoms with Crippen molar-refractivity contribution in [2.75, 3.05) is 11.1 Å². The molecule has 3 aromatic rings. The van der Waals surface area contributed by atoms with E-state index >= 15 is 0 Å². The molecule has 1 aromatic carbocycles. The third-order valence-corrected chi connectivity index (χ3v) is 5.22. The predicted molar refractivity (Wildman–Crippen MR) is 100 cm³/mol. The summed E-state index contributed by atoms with van der Waals surface area (Å²) in [7, 11) is 0. The highest BCUT2D eigenvalue weighted by atomic mass is 35.5. The maximum atomic E-state index is 12.7. The van der Waals surface area contributed by atoms with Crippen LogP contribution in [0, 0.1) is 20.8 Å². The number of amides is 1. The van der Waals surface area contributed by atoms with Crippen LogP contribution in [0.25, 0.3) is 10.2 Å². The molecule has 0 saturated heterocycles. The number of aryl methyl sites for hydroxylation is 3. The first kappa shape index (κ1) is 16.5. The molecule has 0 radical (unpaired) electrons. The number of hydrogen-bond donors (Lipinski definition) is 3. The van der Waals surface area contributed by atoms with Crippen LogP contribution >= 0.6 is 22.9 Å². The highest BCUT2D eigenvalue weighted by molar-refractivity contribution is 7.21. The van der Waals surface area contributed by atoms with Crippen LogP contribution in [0.1, 0.15) is 26.4 Å². The number of aromatic nitrogens is 1. The summed E-state index contributed by atoms with van der Waals surface area (Å²) < 4.78 is 0. The van der Waals surface area contributed by atoms with Gasteiger partial charge in [0.15, 0.2) is 0 Å². The largest absolute Gasteiger partial charge is 0.397 e. The van der Waals surface area contributed by atoms with Gasteiger partial charge in [0.1, 0.15) is 9.71 Å². The van der Waals surface area contributed by atoms with E-state index in [1.54, 1.807) is 13.0 Å². The third-order valence-electron chi connectivity index (χ3n) is 3.80. The van der Waals surface area contributed by atoms with Gasteiger partial charge in [-0.05, 0) is 43.5 Å². The minimum atomic E-state index is -0.345. The van der Waals surface area contributed by atoms with Crippen LogP contribution in [0.15, 0.2) is 23.0 Å². The van der Waals surface area contributed by atoms with E-state index in [0.717, 1.165) is 28.0 Å². The molecule has 124 valence electrons. The number of aromatic amines is 1. The lowest BCUT2D eigenvalue weighted by Crippen LogP contribution is -2.13. The van der Waals surface area contributed by atoms with Crippen LogP contribution in [0.3, 0.4) is 0 Å². The van der Waals surface area contributed by atoms with Gasteiger partial charge in [0, 0.05) is 11.5 Å². The topological polar surface area (TPSA) is 88.0 Å². The Morgan fingerprint density at radius 2 is 1.92 bits per heavy atom. The Labute approximate surface area is 147 Å². The van der Waals surface area contributed by atoms with Crippen LogP contribution < -0.4 is 16.6 Å². The molecule has 24 heavy (non-hydrogen) atoms. The van der Waals surface area contributed by atoms with Gasteiger partial charge < -0.3 is 16.0 Å². The van der Waals surface area contributed by atoms with E-state index in [-0.39, 0.29) is 11.5 Å². The molecule has 3 rings (SSSR count). The average Bonchev–Trinajstić information content (AvgIpc) is 2.79. The van der Waals surface area contributed by atoms with Crippen molar-refractivity contribution in [3.05, 3.63) is 55.1 Å². The number of nitrogens with one attached hydrogen (secondary N) is 2. The fraction of sp³-hybridized carbons (Fsp3) is 0.176. The quantitative estimate of drug-likeness (QED) is 0.644. The van der Waals surface area contributed by atoms with Crippen molar-refractivity contribution in [2.24, 2.45) is 0 Å². The number of nitrogen functional groups attached to an aromatic ring is 1. The number of carbonyl (C=O) groups excluding carboxylic acids is 1. The number of pyridine rings is 1. The van der Waals surface area contributed by atoms with Crippen LogP contribution in [0.5, 0.6) is 0 Å². The summed E-state index contributed by atoms with van der Waals surface area (Å²) in [6, 6.07) is 5.20. The molecule has 0 aliphatic rings. The second kappa shape index (κ2) is 5.96. The molecule has 2 aromatic heterocycles. The molecule has 0 atom stereocenters. The van der Waals surface area contributed by atoms with E-state index in [1.807, 2.05) is 19.9 Å². The maximum absolute atomic E-state index is 12.7. The monoisotopic (exact) mass is 361 g/mol. The van der Waals surface area contributed by atoms with Crippen molar-refractivity contribution in [3.8, 4) is 0 Å². The second-order valence-electron chi connectivity index (χ2n) is 5.76. The molecule has 5 nitrogen and oxygen atoms in total. The van der Waals surface area contributed by atoms with Crippen molar-refractivity contribution in [2.45, 2.75) is 20.8 Å². The molecule has 0 aliphatic heterocycles. The highest BCUT2D eigenvalue weighted by Crippen LogP contribution is 2.35. The molecule has 0 fully saturated rings. The Hall–Kier alpha value is -2.31. The maximum Gasteiger partial charge on any atom is 0.268 e. The number of H-pyrrole nitrogens is 1. The van der Waals surface area contributed by atoms with Crippen molar-refractivity contribution < 1.29 is 4.79 Å². The van der Waals surface area contributed by atoms with E-state index in [2.05, 4.69) is 10.3 Å². The summed E-state index contributed by atoms with van der Waals surface area (Å²) in [6.07, 6.45) is 0. The van der Waals surface area contributed by atoms with Gasteiger partial charge in [-0.3, -0.25) is 9.59 Å². The number of rotatable bonds is 2. The molecule has 2 heterocycles. The molecular formula is C17H16ClN3O2S. The van der Waals surface area contributed by atoms with Gasteiger partial charge >= 0.3 is 0 Å². The summed E-state index contributed by atoms with van der Waals surface area (Å²) in [5.41, 5.74) is 9.48. The summed E-state index contributed by atoms with van der Waals surface area (Å²) in [4.78, 5) is 27.9. The summed E-state index contributed by atoms with van der Waals surface area (Å²) >= 11 is 7.40. The van der Waals surface area contributed by atoms with E-state index in [4.69, 9.17) is 17.3 Å². The predicted octanol–water partition coefficient (Wildman–Crippen LogP) is 4.00. The van der Waals surface area contributed by atoms with Gasteiger partial charge in [-0.15, -0.1) is 11.3 Å². The van der Waals surface area contributed by atoms with Crippen LogP contribution in [0.2, 0.25) is 5.02 Å². The number of thiophene rings is 1. The number of halogens is 1. The Kier molecular flexibility index (Phi) is 4.11. The number of carbonyl (C=O) groups is 1. The van der Waals surface area contributed by atoms with E-state index in [1.165, 1.54) is 6.07 Å². The van der Waals surface area contributed by atoms with E-state index < -0.39 is 0 Å². The SMILES string of the molecule is Cc1cc(C)c(NC(=O)c2sc3[nH]c(=O)cc(C)c3c2N)c(Cl)c1. The molecule has 1 amide bonds. The lowest BCUT2D eigenvalue weighted by Gasteiger charge is -2.11. The number of anilines is 2. The Morgan fingerprint density at radius 3 is 2.58 bits per heavy atom. The van der Waals surface area contributed by atoms with Crippen LogP contribution in [0.4, 0.5) is 11.4 Å². The number of benzene rings is 1. The van der Waals surface area contributed by atoms with E-state index in [0.29, 0.717) is 31.5 Å². The normalized spacial score (nSPS) is 11.0. The van der Waals surface area contributed by atoms with Gasteiger partial charge in [0.2, 0.25) is 5.56 Å². The number of fused-ring (bicyclic) bond motifs is 1. The first-order valence-electron chi connectivity index (χ1n) is 7.28. The zero-order valence-electron chi connectivity index (χ0n) is 13.4. The first-order valence-corrected chi connectivity index (χ1v) is 8.47. The summed E-state index contributed by atoms with van der Waals surface area (Å²) in [6.45, 7) is 5.61. The molecule has 0 aliphatic carbocycles. The van der Waals surface area contributed by atoms with Gasteiger partial charge in [-0.1, -0.05) is 17.7 Å². The Morgan fingerprint density at radius 1 is 1.21 bits per heavy atom. The number of hydrogen-bond acceptors (Lipinski definition) is 4. The third kappa shape index (κ3) is 2.79. The molecule has 0 bridgehead atoms. The van der Waals surface area contributed by atoms with Crippen LogP contribution in [-0.2, 0) is 0 Å². The van der Waals surface area contributed by atoms with Gasteiger partial charge in [0.25, 0.3) is 5.91 Å². The smallest absolute Gasteiger partial charge is 0.268 e. The minimum absolute atomic E-state index is 0.217. The van der Waals surface area contributed by atoms with Crippen molar-refractivity contribution in [1.82, 2.24) is 4.98 Å². The Bertz CT molecular complexity index is 1010. The second-order valence-corrected chi connectivity index (χ2v) is 7.19. The molecule has 0 unspecified atom stereocenters. The van der Waals surface area contributed by atoms with Gasteiger partial charge in [-0.2, -0.15) is 0 Å². The zero-order valence-corrected chi connectivity index (χ0v) is 15.0. The first-order chi connectivity index (χ1) is 11.3. The molecule has 0 saturated carbocycles. The van der Waals surface area contributed by atoms with Crippen molar-refractivity contribution in [3.63, 3.8) is 0 Å². The van der Waals surface area contributed by atoms with E-state index in [9.17, 15) is 9.59 Å². The average molecular weight is 362 g/mol. The standard InChI is InChI=1S/C17H16ClN3O2S/c1-7-4-9(3)14(10(18)5-7)21-16(23)15-13(19)12-8(2)6-11(22)20-17(12)24-15/h4-6H,19H2,1-3H3,(H,20,22)(H,21,23). The summed E-state index contributed by atoms with van der Waals surface area (Å²) in [5.74, 6) is -0.345. The Balaban J connectivity index is 2.06. The zero-order chi connectivity index (χ0) is 17.6. The van der Waals surface area contributed by atoms with Crippen molar-refractivity contribution >= 4 is 50.4 Å². The minimum Gasteiger partial charge on any atom is -0.397 e. The van der Waals surface area contributed by atoms with Gasteiger partial charge in [-0.25, -0.2) is 0 Å². The lowest BCUT2D eigenvalue weighted by atomic mass is 10.1.